The minimum atomic E-state index is -0.470. The van der Waals surface area contributed by atoms with Crippen LogP contribution in [0.2, 0.25) is 0 Å². The summed E-state index contributed by atoms with van der Waals surface area (Å²) in [6.07, 6.45) is 2.24. The lowest BCUT2D eigenvalue weighted by Gasteiger charge is -2.24. The van der Waals surface area contributed by atoms with E-state index in [9.17, 15) is 4.79 Å². The Morgan fingerprint density at radius 2 is 1.96 bits per heavy atom. The molecule has 0 radical (unpaired) electrons. The molecule has 1 aliphatic heterocycles. The number of ether oxygens (including phenoxy) is 3. The van der Waals surface area contributed by atoms with Crippen LogP contribution in [0.25, 0.3) is 0 Å². The van der Waals surface area contributed by atoms with Gasteiger partial charge in [0.15, 0.2) is 0 Å². The highest BCUT2D eigenvalue weighted by molar-refractivity contribution is 5.71. The van der Waals surface area contributed by atoms with Crippen molar-refractivity contribution >= 4 is 5.97 Å². The van der Waals surface area contributed by atoms with Crippen LogP contribution < -0.4 is 0 Å². The summed E-state index contributed by atoms with van der Waals surface area (Å²) < 4.78 is 16.6. The van der Waals surface area contributed by atoms with E-state index in [-0.39, 0.29) is 12.6 Å². The molecule has 0 amide bonds. The van der Waals surface area contributed by atoms with Crippen LogP contribution in [-0.2, 0) is 25.6 Å². The molecule has 24 heavy (non-hydrogen) atoms. The molecule has 5 heteroatoms. The van der Waals surface area contributed by atoms with Crippen molar-refractivity contribution in [2.75, 3.05) is 26.5 Å². The SMILES string of the molecule is CC(C)(C)OC(=O)COCN1CCCC1COCc1ccccc1. The molecule has 0 saturated carbocycles. The van der Waals surface area contributed by atoms with Gasteiger partial charge in [-0.15, -0.1) is 0 Å². The Balaban J connectivity index is 1.64. The number of esters is 1. The van der Waals surface area contributed by atoms with Crippen LogP contribution in [-0.4, -0.2) is 49.0 Å². The largest absolute Gasteiger partial charge is 0.458 e. The quantitative estimate of drug-likeness (QED) is 0.684. The first-order valence-corrected chi connectivity index (χ1v) is 8.59. The summed E-state index contributed by atoms with van der Waals surface area (Å²) in [4.78, 5) is 13.9. The zero-order valence-corrected chi connectivity index (χ0v) is 15.0. The number of likely N-dealkylation sites (tertiary alicyclic amines) is 1. The van der Waals surface area contributed by atoms with Gasteiger partial charge in [0.25, 0.3) is 0 Å². The molecule has 0 N–H and O–H groups in total. The number of benzene rings is 1. The molecule has 1 aromatic rings. The second kappa shape index (κ2) is 9.16. The number of carbonyl (C=O) groups is 1. The van der Waals surface area contributed by atoms with Gasteiger partial charge in [-0.05, 0) is 39.2 Å². The average molecular weight is 335 g/mol. The fourth-order valence-electron chi connectivity index (χ4n) is 2.76. The summed E-state index contributed by atoms with van der Waals surface area (Å²) in [5.74, 6) is -0.321. The third-order valence-corrected chi connectivity index (χ3v) is 3.82. The van der Waals surface area contributed by atoms with Gasteiger partial charge in [0.1, 0.15) is 18.9 Å². The Morgan fingerprint density at radius 3 is 2.67 bits per heavy atom. The Kier molecular flexibility index (Phi) is 7.21. The van der Waals surface area contributed by atoms with Crippen LogP contribution in [0.1, 0.15) is 39.2 Å². The van der Waals surface area contributed by atoms with Gasteiger partial charge < -0.3 is 14.2 Å². The molecular weight excluding hydrogens is 306 g/mol. The number of nitrogens with zero attached hydrogens (tertiary/aromatic N) is 1. The molecule has 1 heterocycles. The molecule has 1 saturated heterocycles. The van der Waals surface area contributed by atoms with E-state index in [2.05, 4.69) is 17.0 Å². The Hall–Kier alpha value is -1.43. The van der Waals surface area contributed by atoms with Crippen molar-refractivity contribution in [3.63, 3.8) is 0 Å². The predicted molar refractivity (Wildman–Crippen MR) is 92.5 cm³/mol. The molecule has 1 fully saturated rings. The molecule has 1 atom stereocenters. The van der Waals surface area contributed by atoms with Gasteiger partial charge in [-0.3, -0.25) is 4.90 Å². The van der Waals surface area contributed by atoms with Crippen LogP contribution in [0.15, 0.2) is 30.3 Å². The third-order valence-electron chi connectivity index (χ3n) is 3.82. The highest BCUT2D eigenvalue weighted by Crippen LogP contribution is 2.18. The lowest BCUT2D eigenvalue weighted by molar-refractivity contribution is -0.162. The average Bonchev–Trinajstić information content (AvgIpc) is 2.94. The zero-order valence-electron chi connectivity index (χ0n) is 15.0. The summed E-state index contributed by atoms with van der Waals surface area (Å²) in [5.41, 5.74) is 0.713. The Bertz CT molecular complexity index is 498. The smallest absolute Gasteiger partial charge is 0.332 e. The second-order valence-corrected chi connectivity index (χ2v) is 7.17. The maximum atomic E-state index is 11.7. The van der Waals surface area contributed by atoms with E-state index in [0.29, 0.717) is 26.0 Å². The van der Waals surface area contributed by atoms with Crippen molar-refractivity contribution < 1.29 is 19.0 Å². The van der Waals surface area contributed by atoms with Crippen LogP contribution in [0, 0.1) is 0 Å². The number of carbonyl (C=O) groups excluding carboxylic acids is 1. The van der Waals surface area contributed by atoms with E-state index < -0.39 is 5.60 Å². The van der Waals surface area contributed by atoms with Crippen molar-refractivity contribution in [2.45, 2.75) is 51.9 Å². The van der Waals surface area contributed by atoms with Gasteiger partial charge in [0.2, 0.25) is 0 Å². The van der Waals surface area contributed by atoms with E-state index in [1.54, 1.807) is 0 Å². The number of hydrogen-bond donors (Lipinski definition) is 0. The first-order chi connectivity index (χ1) is 11.4. The van der Waals surface area contributed by atoms with Gasteiger partial charge in [-0.2, -0.15) is 0 Å². The summed E-state index contributed by atoms with van der Waals surface area (Å²) in [6, 6.07) is 10.5. The van der Waals surface area contributed by atoms with E-state index in [4.69, 9.17) is 14.2 Å². The van der Waals surface area contributed by atoms with Crippen LogP contribution in [0.4, 0.5) is 0 Å². The lowest BCUT2D eigenvalue weighted by atomic mass is 10.2. The molecule has 0 spiro atoms. The Morgan fingerprint density at radius 1 is 1.21 bits per heavy atom. The molecule has 1 aromatic carbocycles. The van der Waals surface area contributed by atoms with Gasteiger partial charge in [-0.25, -0.2) is 4.79 Å². The molecule has 0 aliphatic carbocycles. The first-order valence-electron chi connectivity index (χ1n) is 8.59. The number of hydrogen-bond acceptors (Lipinski definition) is 5. The van der Waals surface area contributed by atoms with Crippen molar-refractivity contribution in [1.82, 2.24) is 4.90 Å². The maximum absolute atomic E-state index is 11.7. The highest BCUT2D eigenvalue weighted by Gasteiger charge is 2.25. The van der Waals surface area contributed by atoms with Crippen LogP contribution in [0.5, 0.6) is 0 Å². The molecule has 2 rings (SSSR count). The van der Waals surface area contributed by atoms with E-state index in [0.717, 1.165) is 19.4 Å². The van der Waals surface area contributed by atoms with Gasteiger partial charge in [0, 0.05) is 12.6 Å². The molecule has 0 bridgehead atoms. The maximum Gasteiger partial charge on any atom is 0.332 e. The third kappa shape index (κ3) is 6.99. The molecule has 1 unspecified atom stereocenters. The molecular formula is C19H29NO4. The van der Waals surface area contributed by atoms with Crippen LogP contribution in [0.3, 0.4) is 0 Å². The fourth-order valence-corrected chi connectivity index (χ4v) is 2.76. The summed E-state index contributed by atoms with van der Waals surface area (Å²) in [6.45, 7) is 8.29. The lowest BCUT2D eigenvalue weighted by Crippen LogP contribution is -2.36. The van der Waals surface area contributed by atoms with Crippen molar-refractivity contribution in [1.29, 1.82) is 0 Å². The van der Waals surface area contributed by atoms with E-state index >= 15 is 0 Å². The standard InChI is InChI=1S/C19H29NO4/c1-19(2,3)24-18(21)14-23-15-20-11-7-10-17(20)13-22-12-16-8-5-4-6-9-16/h4-6,8-9,17H,7,10-15H2,1-3H3. The van der Waals surface area contributed by atoms with Crippen LogP contribution >= 0.6 is 0 Å². The minimum Gasteiger partial charge on any atom is -0.458 e. The summed E-state index contributed by atoms with van der Waals surface area (Å²) in [7, 11) is 0. The predicted octanol–water partition coefficient (Wildman–Crippen LogP) is 2.98. The monoisotopic (exact) mass is 335 g/mol. The molecule has 1 aliphatic rings. The van der Waals surface area contributed by atoms with Crippen molar-refractivity contribution in [3.8, 4) is 0 Å². The fraction of sp³-hybridized carbons (Fsp3) is 0.632. The second-order valence-electron chi connectivity index (χ2n) is 7.17. The summed E-state index contributed by atoms with van der Waals surface area (Å²) in [5, 5.41) is 0. The van der Waals surface area contributed by atoms with Gasteiger partial charge in [-0.1, -0.05) is 30.3 Å². The topological polar surface area (TPSA) is 48.0 Å². The van der Waals surface area contributed by atoms with Crippen molar-refractivity contribution in [2.24, 2.45) is 0 Å². The summed E-state index contributed by atoms with van der Waals surface area (Å²) >= 11 is 0. The molecule has 5 nitrogen and oxygen atoms in total. The first kappa shape index (κ1) is 18.9. The number of rotatable bonds is 8. The van der Waals surface area contributed by atoms with E-state index in [1.165, 1.54) is 5.56 Å². The minimum absolute atomic E-state index is 0.00857. The Labute approximate surface area is 144 Å². The van der Waals surface area contributed by atoms with Crippen molar-refractivity contribution in [3.05, 3.63) is 35.9 Å². The molecule has 0 aromatic heterocycles. The highest BCUT2D eigenvalue weighted by atomic mass is 16.6. The van der Waals surface area contributed by atoms with E-state index in [1.807, 2.05) is 39.0 Å². The van der Waals surface area contributed by atoms with Gasteiger partial charge in [0.05, 0.1) is 13.2 Å². The molecule has 134 valence electrons. The zero-order chi connectivity index (χ0) is 17.4. The van der Waals surface area contributed by atoms with Gasteiger partial charge >= 0.3 is 5.97 Å². The normalized spacial score (nSPS) is 18.7.